The quantitative estimate of drug-likeness (QED) is 0.776. The predicted molar refractivity (Wildman–Crippen MR) is 89.7 cm³/mol. The highest BCUT2D eigenvalue weighted by Gasteiger charge is 2.10. The van der Waals surface area contributed by atoms with Crippen LogP contribution in [0.4, 0.5) is 5.69 Å². The van der Waals surface area contributed by atoms with E-state index in [2.05, 4.69) is 20.4 Å². The first kappa shape index (κ1) is 14.3. The van der Waals surface area contributed by atoms with Crippen molar-refractivity contribution in [3.63, 3.8) is 0 Å². The molecule has 118 valence electrons. The summed E-state index contributed by atoms with van der Waals surface area (Å²) >= 11 is 0. The Morgan fingerprint density at radius 2 is 2.12 bits per heavy atom. The van der Waals surface area contributed by atoms with Gasteiger partial charge in [0.1, 0.15) is 16.8 Å². The summed E-state index contributed by atoms with van der Waals surface area (Å²) in [6.45, 7) is 1.57. The number of nitrogens with zero attached hydrogens (tertiary/aromatic N) is 3. The van der Waals surface area contributed by atoms with Gasteiger partial charge in [-0.3, -0.25) is 4.79 Å². The second-order valence-corrected chi connectivity index (χ2v) is 5.83. The third-order valence-electron chi connectivity index (χ3n) is 3.95. The molecular weight excluding hydrogens is 304 g/mol. The van der Waals surface area contributed by atoms with Crippen LogP contribution in [-0.4, -0.2) is 15.9 Å². The highest BCUT2D eigenvalue weighted by atomic mass is 16.3. The number of hydrogen-bond donors (Lipinski definition) is 2. The molecule has 0 saturated heterocycles. The third kappa shape index (κ3) is 2.48. The minimum Gasteiger partial charge on any atom is -0.494 e. The Morgan fingerprint density at radius 1 is 1.25 bits per heavy atom. The number of Topliss-reactive ketones (excluding diaryl/α,β-unsaturated/α-hetero) is 1. The summed E-state index contributed by atoms with van der Waals surface area (Å²) in [5.41, 5.74) is 3.13. The number of rotatable bonds is 3. The van der Waals surface area contributed by atoms with E-state index in [1.54, 1.807) is 6.92 Å². The number of hydrogen-bond acceptors (Lipinski definition) is 5. The lowest BCUT2D eigenvalue weighted by Gasteiger charge is -1.99. The molecule has 0 amide bonds. The number of carbonyl (C=O) groups is 1. The summed E-state index contributed by atoms with van der Waals surface area (Å²) in [5, 5.41) is 24.2. The lowest BCUT2D eigenvalue weighted by molar-refractivity contribution is -0.116. The van der Waals surface area contributed by atoms with Gasteiger partial charge in [-0.1, -0.05) is 12.1 Å². The Hall–Kier alpha value is -3.28. The van der Waals surface area contributed by atoms with Crippen molar-refractivity contribution in [3.8, 4) is 5.88 Å². The lowest BCUT2D eigenvalue weighted by atomic mass is 10.0. The van der Waals surface area contributed by atoms with Crippen LogP contribution < -0.4 is 10.6 Å². The predicted octanol–water partition coefficient (Wildman–Crippen LogP) is 2.47. The summed E-state index contributed by atoms with van der Waals surface area (Å²) in [6, 6.07) is 11.3. The molecule has 0 atom stereocenters. The summed E-state index contributed by atoms with van der Waals surface area (Å²) in [4.78, 5) is 14.3. The topological polar surface area (TPSA) is 90.2 Å². The molecule has 6 nitrogen and oxygen atoms in total. The SMILES string of the molecule is CC(=O)Cc1ccc2[nH]c(O)c(/C=c3/ccc4c(c3)N=NN=4)c2c1. The van der Waals surface area contributed by atoms with Crippen LogP contribution in [0.5, 0.6) is 5.88 Å². The van der Waals surface area contributed by atoms with Gasteiger partial charge in [0.05, 0.1) is 0 Å². The van der Waals surface area contributed by atoms with Gasteiger partial charge in [0.25, 0.3) is 0 Å². The van der Waals surface area contributed by atoms with E-state index in [-0.39, 0.29) is 11.7 Å². The Morgan fingerprint density at radius 3 is 2.96 bits per heavy atom. The second kappa shape index (κ2) is 5.42. The average molecular weight is 318 g/mol. The number of aromatic amines is 1. The van der Waals surface area contributed by atoms with Crippen molar-refractivity contribution in [2.24, 2.45) is 15.4 Å². The molecule has 1 aliphatic heterocycles. The van der Waals surface area contributed by atoms with Crippen molar-refractivity contribution in [2.45, 2.75) is 13.3 Å². The molecule has 6 heteroatoms. The van der Waals surface area contributed by atoms with Crippen LogP contribution in [0.1, 0.15) is 18.1 Å². The maximum atomic E-state index is 11.3. The van der Waals surface area contributed by atoms with Crippen LogP contribution in [0.3, 0.4) is 0 Å². The van der Waals surface area contributed by atoms with Gasteiger partial charge in [0, 0.05) is 22.9 Å². The fourth-order valence-corrected chi connectivity index (χ4v) is 2.87. The summed E-state index contributed by atoms with van der Waals surface area (Å²) in [6.07, 6.45) is 2.25. The van der Waals surface area contributed by atoms with Crippen LogP contribution >= 0.6 is 0 Å². The van der Waals surface area contributed by atoms with Crippen LogP contribution in [0.15, 0.2) is 51.8 Å². The largest absolute Gasteiger partial charge is 0.494 e. The highest BCUT2D eigenvalue weighted by molar-refractivity contribution is 5.93. The fraction of sp³-hybridized carbons (Fsp3) is 0.111. The minimum atomic E-state index is 0.0942. The number of carbonyl (C=O) groups excluding carboxylic acids is 1. The van der Waals surface area contributed by atoms with Crippen molar-refractivity contribution >= 4 is 28.4 Å². The van der Waals surface area contributed by atoms with Crippen LogP contribution in [0.2, 0.25) is 0 Å². The standard InChI is InChI=1S/C18H14N4O2/c1-10(23)6-11-2-4-15-13(7-11)14(18(24)19-15)8-12-3-5-16-17(9-12)21-22-20-16/h2-5,7-9,19,24H,6H2,1H3/b12-8-. The van der Waals surface area contributed by atoms with E-state index < -0.39 is 0 Å². The van der Waals surface area contributed by atoms with E-state index in [4.69, 9.17) is 0 Å². The van der Waals surface area contributed by atoms with Crippen molar-refractivity contribution in [3.05, 3.63) is 58.1 Å². The van der Waals surface area contributed by atoms with E-state index in [0.717, 1.165) is 27.0 Å². The maximum Gasteiger partial charge on any atom is 0.196 e. The monoisotopic (exact) mass is 318 g/mol. The molecule has 0 saturated carbocycles. The van der Waals surface area contributed by atoms with E-state index in [1.807, 2.05) is 42.5 Å². The lowest BCUT2D eigenvalue weighted by Crippen LogP contribution is -2.06. The normalized spacial score (nSPS) is 13.3. The number of fused-ring (bicyclic) bond motifs is 2. The van der Waals surface area contributed by atoms with Gasteiger partial charge in [0.2, 0.25) is 0 Å². The molecule has 0 bridgehead atoms. The fourth-order valence-electron chi connectivity index (χ4n) is 2.87. The average Bonchev–Trinajstić information content (AvgIpc) is 3.12. The summed E-state index contributed by atoms with van der Waals surface area (Å²) in [7, 11) is 0. The molecule has 3 aromatic rings. The Kier molecular flexibility index (Phi) is 3.23. The number of nitrogens with one attached hydrogen (secondary N) is 1. The smallest absolute Gasteiger partial charge is 0.196 e. The van der Waals surface area contributed by atoms with Crippen LogP contribution in [-0.2, 0) is 11.2 Å². The molecule has 24 heavy (non-hydrogen) atoms. The maximum absolute atomic E-state index is 11.3. The molecule has 0 spiro atoms. The Balaban J connectivity index is 1.88. The molecule has 0 unspecified atom stereocenters. The van der Waals surface area contributed by atoms with Crippen LogP contribution in [0, 0.1) is 0 Å². The zero-order valence-corrected chi connectivity index (χ0v) is 12.9. The van der Waals surface area contributed by atoms with E-state index in [0.29, 0.717) is 17.7 Å². The van der Waals surface area contributed by atoms with Crippen molar-refractivity contribution in [1.82, 2.24) is 4.98 Å². The molecule has 0 radical (unpaired) electrons. The molecule has 2 N–H and O–H groups in total. The van der Waals surface area contributed by atoms with Crippen molar-refractivity contribution in [1.29, 1.82) is 0 Å². The van der Waals surface area contributed by atoms with Gasteiger partial charge in [-0.15, -0.1) is 10.2 Å². The number of benzene rings is 2. The van der Waals surface area contributed by atoms with Crippen LogP contribution in [0.25, 0.3) is 17.0 Å². The van der Waals surface area contributed by atoms with Gasteiger partial charge in [0.15, 0.2) is 5.88 Å². The zero-order valence-electron chi connectivity index (χ0n) is 12.9. The number of aromatic nitrogens is 1. The molecule has 2 heterocycles. The number of aromatic hydroxyl groups is 1. The number of ketones is 1. The molecular formula is C18H14N4O2. The van der Waals surface area contributed by atoms with E-state index >= 15 is 0 Å². The number of H-pyrrole nitrogens is 1. The van der Waals surface area contributed by atoms with Gasteiger partial charge < -0.3 is 10.1 Å². The summed E-state index contributed by atoms with van der Waals surface area (Å²) in [5.74, 6) is 0.198. The first-order valence-corrected chi connectivity index (χ1v) is 7.54. The van der Waals surface area contributed by atoms with E-state index in [1.165, 1.54) is 0 Å². The first-order valence-electron chi connectivity index (χ1n) is 7.54. The van der Waals surface area contributed by atoms with E-state index in [9.17, 15) is 9.90 Å². The molecule has 0 aliphatic carbocycles. The first-order chi connectivity index (χ1) is 11.6. The molecule has 2 aromatic carbocycles. The minimum absolute atomic E-state index is 0.0942. The molecule has 0 fully saturated rings. The Bertz CT molecular complexity index is 1130. The Labute approximate surface area is 136 Å². The second-order valence-electron chi connectivity index (χ2n) is 5.83. The van der Waals surface area contributed by atoms with Gasteiger partial charge in [-0.2, -0.15) is 0 Å². The van der Waals surface area contributed by atoms with Crippen molar-refractivity contribution < 1.29 is 9.90 Å². The summed E-state index contributed by atoms with van der Waals surface area (Å²) < 4.78 is 0. The highest BCUT2D eigenvalue weighted by Crippen LogP contribution is 2.29. The third-order valence-corrected chi connectivity index (χ3v) is 3.95. The molecule has 4 rings (SSSR count). The molecule has 1 aromatic heterocycles. The zero-order chi connectivity index (χ0) is 16.7. The van der Waals surface area contributed by atoms with Gasteiger partial charge in [-0.05, 0) is 53.3 Å². The van der Waals surface area contributed by atoms with Crippen molar-refractivity contribution in [2.75, 3.05) is 0 Å². The van der Waals surface area contributed by atoms with Gasteiger partial charge in [-0.25, -0.2) is 0 Å². The van der Waals surface area contributed by atoms with Gasteiger partial charge >= 0.3 is 0 Å². The molecule has 1 aliphatic rings.